The van der Waals surface area contributed by atoms with Crippen LogP contribution in [0.4, 0.5) is 0 Å². The summed E-state index contributed by atoms with van der Waals surface area (Å²) in [7, 11) is 0. The molecule has 0 amide bonds. The summed E-state index contributed by atoms with van der Waals surface area (Å²) in [4.78, 5) is 6.44. The fourth-order valence-corrected chi connectivity index (χ4v) is 1.39. The Morgan fingerprint density at radius 2 is 2.00 bits per heavy atom. The van der Waals surface area contributed by atoms with Crippen molar-refractivity contribution in [3.05, 3.63) is 12.2 Å². The Labute approximate surface area is 95.5 Å². The molecular formula is C7H15Cl2N5. The maximum Gasteiger partial charge on any atom is 0.138 e. The number of hydrogen-bond acceptors (Lipinski definition) is 4. The highest BCUT2D eigenvalue weighted by Crippen LogP contribution is 1.97. The Morgan fingerprint density at radius 1 is 1.29 bits per heavy atom. The second kappa shape index (κ2) is 7.00. The third kappa shape index (κ3) is 3.79. The van der Waals surface area contributed by atoms with Crippen LogP contribution in [0.1, 0.15) is 5.82 Å². The van der Waals surface area contributed by atoms with Gasteiger partial charge in [-0.2, -0.15) is 5.10 Å². The Morgan fingerprint density at radius 3 is 2.57 bits per heavy atom. The maximum atomic E-state index is 4.08. The van der Waals surface area contributed by atoms with Crippen LogP contribution >= 0.6 is 24.8 Å². The number of halogens is 2. The van der Waals surface area contributed by atoms with Crippen LogP contribution < -0.4 is 5.32 Å². The summed E-state index contributed by atoms with van der Waals surface area (Å²) in [6.45, 7) is 5.24. The van der Waals surface area contributed by atoms with Crippen LogP contribution in [0.3, 0.4) is 0 Å². The van der Waals surface area contributed by atoms with E-state index in [-0.39, 0.29) is 24.8 Å². The molecule has 7 heteroatoms. The molecule has 5 nitrogen and oxygen atoms in total. The van der Waals surface area contributed by atoms with Crippen LogP contribution in [0.5, 0.6) is 0 Å². The van der Waals surface area contributed by atoms with E-state index in [0.717, 1.165) is 38.5 Å². The number of piperazine rings is 1. The van der Waals surface area contributed by atoms with Gasteiger partial charge in [-0.25, -0.2) is 4.98 Å². The van der Waals surface area contributed by atoms with E-state index in [1.807, 2.05) is 0 Å². The first-order chi connectivity index (χ1) is 5.95. The summed E-state index contributed by atoms with van der Waals surface area (Å²) in [5.41, 5.74) is 0. The van der Waals surface area contributed by atoms with Crippen molar-refractivity contribution in [1.82, 2.24) is 25.4 Å². The highest BCUT2D eigenvalue weighted by molar-refractivity contribution is 5.85. The van der Waals surface area contributed by atoms with Gasteiger partial charge in [-0.3, -0.25) is 10.00 Å². The lowest BCUT2D eigenvalue weighted by Crippen LogP contribution is -2.43. The maximum absolute atomic E-state index is 4.08. The molecule has 2 rings (SSSR count). The zero-order valence-electron chi connectivity index (χ0n) is 7.77. The molecule has 1 fully saturated rings. The molecule has 1 aliphatic rings. The first kappa shape index (κ1) is 13.6. The summed E-state index contributed by atoms with van der Waals surface area (Å²) in [6.07, 6.45) is 1.55. The molecule has 1 aromatic rings. The van der Waals surface area contributed by atoms with Gasteiger partial charge in [0.1, 0.15) is 12.2 Å². The molecule has 0 bridgehead atoms. The summed E-state index contributed by atoms with van der Waals surface area (Å²) in [6, 6.07) is 0. The average Bonchev–Trinajstić information content (AvgIpc) is 2.59. The average molecular weight is 240 g/mol. The normalized spacial score (nSPS) is 16.9. The molecule has 0 atom stereocenters. The SMILES string of the molecule is Cl.Cl.c1n[nH]c(CN2CCNCC2)n1. The van der Waals surface area contributed by atoms with Crippen LogP contribution in [-0.4, -0.2) is 46.3 Å². The van der Waals surface area contributed by atoms with E-state index in [2.05, 4.69) is 25.4 Å². The molecule has 0 saturated carbocycles. The highest BCUT2D eigenvalue weighted by Gasteiger charge is 2.10. The Kier molecular flexibility index (Phi) is 6.82. The zero-order chi connectivity index (χ0) is 8.23. The quantitative estimate of drug-likeness (QED) is 0.767. The van der Waals surface area contributed by atoms with E-state index in [1.165, 1.54) is 0 Å². The topological polar surface area (TPSA) is 56.8 Å². The summed E-state index contributed by atoms with van der Waals surface area (Å²) >= 11 is 0. The van der Waals surface area contributed by atoms with E-state index < -0.39 is 0 Å². The van der Waals surface area contributed by atoms with Crippen LogP contribution in [0.25, 0.3) is 0 Å². The molecule has 0 aromatic carbocycles. The van der Waals surface area contributed by atoms with Gasteiger partial charge in [0, 0.05) is 26.2 Å². The van der Waals surface area contributed by atoms with Gasteiger partial charge in [0.2, 0.25) is 0 Å². The number of aromatic amines is 1. The molecule has 14 heavy (non-hydrogen) atoms. The van der Waals surface area contributed by atoms with E-state index in [9.17, 15) is 0 Å². The Balaban J connectivity index is 0.000000845. The lowest BCUT2D eigenvalue weighted by Gasteiger charge is -2.25. The third-order valence-electron chi connectivity index (χ3n) is 2.05. The molecule has 2 N–H and O–H groups in total. The summed E-state index contributed by atoms with van der Waals surface area (Å²) in [5.74, 6) is 0.955. The number of nitrogens with one attached hydrogen (secondary N) is 2. The van der Waals surface area contributed by atoms with Gasteiger partial charge in [-0.1, -0.05) is 0 Å². The van der Waals surface area contributed by atoms with E-state index >= 15 is 0 Å². The predicted octanol–water partition coefficient (Wildman–Crippen LogP) is 0.0535. The lowest BCUT2D eigenvalue weighted by atomic mass is 10.3. The number of H-pyrrole nitrogens is 1. The summed E-state index contributed by atoms with van der Waals surface area (Å²) < 4.78 is 0. The standard InChI is InChI=1S/C7H13N5.2ClH/c1-3-12(4-2-8-1)5-7-9-6-10-11-7;;/h6,8H,1-5H2,(H,9,10,11);2*1H. The van der Waals surface area contributed by atoms with Crippen LogP contribution in [0, 0.1) is 0 Å². The van der Waals surface area contributed by atoms with Crippen molar-refractivity contribution < 1.29 is 0 Å². The molecule has 0 spiro atoms. The number of aromatic nitrogens is 3. The smallest absolute Gasteiger partial charge is 0.138 e. The number of hydrogen-bond donors (Lipinski definition) is 2. The van der Waals surface area contributed by atoms with Crippen molar-refractivity contribution in [2.24, 2.45) is 0 Å². The summed E-state index contributed by atoms with van der Waals surface area (Å²) in [5, 5.41) is 9.98. The van der Waals surface area contributed by atoms with Crippen molar-refractivity contribution in [2.75, 3.05) is 26.2 Å². The van der Waals surface area contributed by atoms with Crippen LogP contribution in [-0.2, 0) is 6.54 Å². The van der Waals surface area contributed by atoms with Gasteiger partial charge in [0.05, 0.1) is 6.54 Å². The van der Waals surface area contributed by atoms with Crippen LogP contribution in [0.15, 0.2) is 6.33 Å². The molecule has 0 aliphatic carbocycles. The molecule has 0 unspecified atom stereocenters. The molecule has 0 radical (unpaired) electrons. The fourth-order valence-electron chi connectivity index (χ4n) is 1.39. The van der Waals surface area contributed by atoms with Gasteiger partial charge in [-0.15, -0.1) is 24.8 Å². The lowest BCUT2D eigenvalue weighted by molar-refractivity contribution is 0.228. The largest absolute Gasteiger partial charge is 0.314 e. The third-order valence-corrected chi connectivity index (χ3v) is 2.05. The predicted molar refractivity (Wildman–Crippen MR) is 59.0 cm³/mol. The monoisotopic (exact) mass is 239 g/mol. The zero-order valence-corrected chi connectivity index (χ0v) is 9.40. The first-order valence-electron chi connectivity index (χ1n) is 4.22. The Hall–Kier alpha value is -0.360. The van der Waals surface area contributed by atoms with Crippen LogP contribution in [0.2, 0.25) is 0 Å². The second-order valence-corrected chi connectivity index (χ2v) is 2.96. The van der Waals surface area contributed by atoms with Gasteiger partial charge in [-0.05, 0) is 0 Å². The van der Waals surface area contributed by atoms with E-state index in [0.29, 0.717) is 0 Å². The molecular weight excluding hydrogens is 225 g/mol. The molecule has 1 saturated heterocycles. The minimum Gasteiger partial charge on any atom is -0.314 e. The van der Waals surface area contributed by atoms with Crippen molar-refractivity contribution in [2.45, 2.75) is 6.54 Å². The molecule has 2 heterocycles. The van der Waals surface area contributed by atoms with Crippen molar-refractivity contribution in [1.29, 1.82) is 0 Å². The van der Waals surface area contributed by atoms with Crippen molar-refractivity contribution >= 4 is 24.8 Å². The van der Waals surface area contributed by atoms with Gasteiger partial charge in [0.15, 0.2) is 0 Å². The van der Waals surface area contributed by atoms with Gasteiger partial charge in [0.25, 0.3) is 0 Å². The van der Waals surface area contributed by atoms with Crippen molar-refractivity contribution in [3.63, 3.8) is 0 Å². The number of nitrogens with zero attached hydrogens (tertiary/aromatic N) is 3. The molecule has 1 aromatic heterocycles. The molecule has 1 aliphatic heterocycles. The fraction of sp³-hybridized carbons (Fsp3) is 0.714. The minimum absolute atomic E-state index is 0. The molecule has 82 valence electrons. The van der Waals surface area contributed by atoms with E-state index in [1.54, 1.807) is 6.33 Å². The van der Waals surface area contributed by atoms with E-state index in [4.69, 9.17) is 0 Å². The number of rotatable bonds is 2. The van der Waals surface area contributed by atoms with Gasteiger partial charge < -0.3 is 5.32 Å². The van der Waals surface area contributed by atoms with Crippen molar-refractivity contribution in [3.8, 4) is 0 Å². The second-order valence-electron chi connectivity index (χ2n) is 2.96. The highest BCUT2D eigenvalue weighted by atomic mass is 35.5. The van der Waals surface area contributed by atoms with Gasteiger partial charge >= 0.3 is 0 Å². The first-order valence-corrected chi connectivity index (χ1v) is 4.22. The Bertz CT molecular complexity index is 222. The minimum atomic E-state index is 0.